The lowest BCUT2D eigenvalue weighted by molar-refractivity contribution is 0.804. The van der Waals surface area contributed by atoms with Crippen molar-refractivity contribution in [2.75, 3.05) is 0 Å². The van der Waals surface area contributed by atoms with Crippen LogP contribution in [0.5, 0.6) is 0 Å². The molecule has 0 radical (unpaired) electrons. The fraction of sp³-hybridized carbons (Fsp3) is 0.333. The summed E-state index contributed by atoms with van der Waals surface area (Å²) in [6.07, 6.45) is 1.75. The Morgan fingerprint density at radius 1 is 1.31 bits per heavy atom. The summed E-state index contributed by atoms with van der Waals surface area (Å²) in [6.45, 7) is 6.57. The number of pyridine rings is 1. The van der Waals surface area contributed by atoms with Gasteiger partial charge in [-0.2, -0.15) is 5.10 Å². The zero-order chi connectivity index (χ0) is 11.7. The Hall–Kier alpha value is -1.68. The largest absolute Gasteiger partial charge is 0.325 e. The van der Waals surface area contributed by atoms with Crippen molar-refractivity contribution in [2.24, 2.45) is 5.73 Å². The van der Waals surface area contributed by atoms with Crippen LogP contribution < -0.4 is 5.73 Å². The summed E-state index contributed by atoms with van der Waals surface area (Å²) in [5.41, 5.74) is 10.9. The molecule has 0 aliphatic rings. The van der Waals surface area contributed by atoms with Gasteiger partial charge in [0.25, 0.3) is 0 Å². The van der Waals surface area contributed by atoms with Crippen molar-refractivity contribution in [2.45, 2.75) is 27.3 Å². The molecule has 2 heterocycles. The number of nitrogens with two attached hydrogens (primary N) is 1. The summed E-state index contributed by atoms with van der Waals surface area (Å²) in [4.78, 5) is 4.27. The SMILES string of the molecule is Cc1nn(-c2cccnc2CN)c(C)c1C. The maximum atomic E-state index is 5.68. The lowest BCUT2D eigenvalue weighted by Gasteiger charge is -2.08. The van der Waals surface area contributed by atoms with Crippen LogP contribution in [-0.2, 0) is 6.54 Å². The highest BCUT2D eigenvalue weighted by Gasteiger charge is 2.11. The zero-order valence-electron chi connectivity index (χ0n) is 9.86. The maximum Gasteiger partial charge on any atom is 0.0877 e. The van der Waals surface area contributed by atoms with Crippen LogP contribution in [0, 0.1) is 20.8 Å². The standard InChI is InChI=1S/C12H16N4/c1-8-9(2)15-16(10(8)3)12-5-4-6-14-11(12)7-13/h4-6H,7,13H2,1-3H3. The monoisotopic (exact) mass is 216 g/mol. The van der Waals surface area contributed by atoms with E-state index < -0.39 is 0 Å². The molecule has 0 saturated heterocycles. The molecule has 84 valence electrons. The molecular weight excluding hydrogens is 200 g/mol. The van der Waals surface area contributed by atoms with Crippen molar-refractivity contribution >= 4 is 0 Å². The topological polar surface area (TPSA) is 56.7 Å². The average Bonchev–Trinajstić information content (AvgIpc) is 2.57. The third-order valence-corrected chi connectivity index (χ3v) is 2.94. The second kappa shape index (κ2) is 4.06. The van der Waals surface area contributed by atoms with E-state index >= 15 is 0 Å². The minimum atomic E-state index is 0.424. The second-order valence-corrected chi connectivity index (χ2v) is 3.88. The average molecular weight is 216 g/mol. The van der Waals surface area contributed by atoms with Gasteiger partial charge in [-0.25, -0.2) is 4.68 Å². The maximum absolute atomic E-state index is 5.68. The number of aryl methyl sites for hydroxylation is 1. The summed E-state index contributed by atoms with van der Waals surface area (Å²) < 4.78 is 1.92. The van der Waals surface area contributed by atoms with Crippen LogP contribution in [0.4, 0.5) is 0 Å². The van der Waals surface area contributed by atoms with Crippen LogP contribution in [0.25, 0.3) is 5.69 Å². The van der Waals surface area contributed by atoms with Gasteiger partial charge in [-0.05, 0) is 38.5 Å². The lowest BCUT2D eigenvalue weighted by Crippen LogP contribution is -2.08. The van der Waals surface area contributed by atoms with Gasteiger partial charge in [0.2, 0.25) is 0 Å². The Morgan fingerprint density at radius 3 is 2.62 bits per heavy atom. The molecule has 0 aromatic carbocycles. The Bertz CT molecular complexity index is 514. The molecule has 0 bridgehead atoms. The number of hydrogen-bond donors (Lipinski definition) is 1. The number of nitrogens with zero attached hydrogens (tertiary/aromatic N) is 3. The Labute approximate surface area is 95.1 Å². The molecule has 0 saturated carbocycles. The first kappa shape index (κ1) is 10.8. The van der Waals surface area contributed by atoms with E-state index in [-0.39, 0.29) is 0 Å². The van der Waals surface area contributed by atoms with Gasteiger partial charge in [-0.1, -0.05) is 0 Å². The highest BCUT2D eigenvalue weighted by molar-refractivity contribution is 5.39. The predicted octanol–water partition coefficient (Wildman–Crippen LogP) is 1.65. The number of rotatable bonds is 2. The summed E-state index contributed by atoms with van der Waals surface area (Å²) in [5, 5.41) is 4.51. The molecule has 0 aliphatic carbocycles. The van der Waals surface area contributed by atoms with Crippen molar-refractivity contribution < 1.29 is 0 Å². The molecule has 0 fully saturated rings. The fourth-order valence-electron chi connectivity index (χ4n) is 1.73. The smallest absolute Gasteiger partial charge is 0.0877 e. The Kier molecular flexibility index (Phi) is 2.75. The van der Waals surface area contributed by atoms with Gasteiger partial charge in [0, 0.05) is 18.4 Å². The van der Waals surface area contributed by atoms with Gasteiger partial charge >= 0.3 is 0 Å². The van der Waals surface area contributed by atoms with Gasteiger partial charge in [0.1, 0.15) is 0 Å². The molecule has 2 N–H and O–H groups in total. The molecule has 0 spiro atoms. The summed E-state index contributed by atoms with van der Waals surface area (Å²) in [7, 11) is 0. The third kappa shape index (κ3) is 1.61. The molecule has 0 aliphatic heterocycles. The molecular formula is C12H16N4. The third-order valence-electron chi connectivity index (χ3n) is 2.94. The Morgan fingerprint density at radius 2 is 2.06 bits per heavy atom. The summed E-state index contributed by atoms with van der Waals surface area (Å²) in [5.74, 6) is 0. The van der Waals surface area contributed by atoms with Gasteiger partial charge in [-0.15, -0.1) is 0 Å². The van der Waals surface area contributed by atoms with E-state index in [1.807, 2.05) is 23.7 Å². The summed E-state index contributed by atoms with van der Waals surface area (Å²) in [6, 6.07) is 3.90. The van der Waals surface area contributed by atoms with E-state index in [4.69, 9.17) is 5.73 Å². The van der Waals surface area contributed by atoms with E-state index in [9.17, 15) is 0 Å². The van der Waals surface area contributed by atoms with Gasteiger partial charge in [0.15, 0.2) is 0 Å². The van der Waals surface area contributed by atoms with Crippen LogP contribution >= 0.6 is 0 Å². The van der Waals surface area contributed by atoms with Gasteiger partial charge in [0.05, 0.1) is 17.1 Å². The number of aromatic nitrogens is 3. The van der Waals surface area contributed by atoms with Gasteiger partial charge in [-0.3, -0.25) is 4.98 Å². The van der Waals surface area contributed by atoms with Crippen LogP contribution in [0.2, 0.25) is 0 Å². The molecule has 16 heavy (non-hydrogen) atoms. The van der Waals surface area contributed by atoms with Crippen LogP contribution in [0.15, 0.2) is 18.3 Å². The molecule has 2 aromatic heterocycles. The zero-order valence-corrected chi connectivity index (χ0v) is 9.86. The van der Waals surface area contributed by atoms with E-state index in [2.05, 4.69) is 23.9 Å². The van der Waals surface area contributed by atoms with E-state index in [1.165, 1.54) is 5.56 Å². The molecule has 4 nitrogen and oxygen atoms in total. The summed E-state index contributed by atoms with van der Waals surface area (Å²) >= 11 is 0. The van der Waals surface area contributed by atoms with Crippen molar-refractivity contribution in [3.8, 4) is 5.69 Å². The molecule has 0 amide bonds. The van der Waals surface area contributed by atoms with Crippen molar-refractivity contribution in [3.63, 3.8) is 0 Å². The van der Waals surface area contributed by atoms with Crippen molar-refractivity contribution in [3.05, 3.63) is 41.0 Å². The normalized spacial score (nSPS) is 10.8. The molecule has 0 atom stereocenters. The van der Waals surface area contributed by atoms with Crippen LogP contribution in [0.1, 0.15) is 22.6 Å². The predicted molar refractivity (Wildman–Crippen MR) is 63.5 cm³/mol. The minimum Gasteiger partial charge on any atom is -0.325 e. The quantitative estimate of drug-likeness (QED) is 0.830. The first-order valence-corrected chi connectivity index (χ1v) is 5.32. The highest BCUT2D eigenvalue weighted by atomic mass is 15.3. The van der Waals surface area contributed by atoms with Crippen molar-refractivity contribution in [1.29, 1.82) is 0 Å². The molecule has 2 aromatic rings. The van der Waals surface area contributed by atoms with Crippen molar-refractivity contribution in [1.82, 2.24) is 14.8 Å². The molecule has 2 rings (SSSR count). The molecule has 0 unspecified atom stereocenters. The van der Waals surface area contributed by atoms with E-state index in [1.54, 1.807) is 6.20 Å². The molecule has 4 heteroatoms. The van der Waals surface area contributed by atoms with Crippen LogP contribution in [0.3, 0.4) is 0 Å². The number of hydrogen-bond acceptors (Lipinski definition) is 3. The first-order valence-electron chi connectivity index (χ1n) is 5.32. The highest BCUT2D eigenvalue weighted by Crippen LogP contribution is 2.18. The fourth-order valence-corrected chi connectivity index (χ4v) is 1.73. The van der Waals surface area contributed by atoms with Crippen LogP contribution in [-0.4, -0.2) is 14.8 Å². The van der Waals surface area contributed by atoms with E-state index in [0.717, 1.165) is 22.8 Å². The first-order chi connectivity index (χ1) is 7.65. The van der Waals surface area contributed by atoms with E-state index in [0.29, 0.717) is 6.54 Å². The second-order valence-electron chi connectivity index (χ2n) is 3.88. The lowest BCUT2D eigenvalue weighted by atomic mass is 10.2. The minimum absolute atomic E-state index is 0.424. The van der Waals surface area contributed by atoms with Gasteiger partial charge < -0.3 is 5.73 Å². The Balaban J connectivity index is 2.63.